The number of benzene rings is 1. The van der Waals surface area contributed by atoms with Crippen LogP contribution in [-0.4, -0.2) is 22.6 Å². The summed E-state index contributed by atoms with van der Waals surface area (Å²) in [7, 11) is 0. The number of imidazole rings is 1. The highest BCUT2D eigenvalue weighted by atomic mass is 15.1. The summed E-state index contributed by atoms with van der Waals surface area (Å²) in [6.07, 6.45) is 6.08. The normalized spacial score (nSPS) is 17.6. The SMILES string of the molecule is CC1(c2cncn2-c2ccc(C#N)cc2)CCNCC1. The van der Waals surface area contributed by atoms with Crippen LogP contribution in [-0.2, 0) is 5.41 Å². The molecule has 1 aliphatic rings. The van der Waals surface area contributed by atoms with Crippen LogP contribution in [0.2, 0.25) is 0 Å². The molecule has 0 aliphatic carbocycles. The molecule has 4 nitrogen and oxygen atoms in total. The first-order valence-electron chi connectivity index (χ1n) is 6.97. The standard InChI is InChI=1S/C16H18N4/c1-16(6-8-18-9-7-16)15-11-19-12-20(15)14-4-2-13(10-17)3-5-14/h2-5,11-12,18H,6-9H2,1H3. The van der Waals surface area contributed by atoms with Crippen LogP contribution in [0.15, 0.2) is 36.8 Å². The van der Waals surface area contributed by atoms with Gasteiger partial charge in [0.1, 0.15) is 0 Å². The van der Waals surface area contributed by atoms with E-state index in [4.69, 9.17) is 5.26 Å². The first kappa shape index (κ1) is 12.9. The summed E-state index contributed by atoms with van der Waals surface area (Å²) in [5, 5.41) is 12.3. The van der Waals surface area contributed by atoms with Gasteiger partial charge in [0.05, 0.1) is 18.0 Å². The fourth-order valence-corrected chi connectivity index (χ4v) is 2.88. The quantitative estimate of drug-likeness (QED) is 0.908. The molecule has 0 atom stereocenters. The largest absolute Gasteiger partial charge is 0.317 e. The maximum absolute atomic E-state index is 8.88. The summed E-state index contributed by atoms with van der Waals surface area (Å²) >= 11 is 0. The first-order chi connectivity index (χ1) is 9.73. The van der Waals surface area contributed by atoms with Crippen molar-refractivity contribution in [3.8, 4) is 11.8 Å². The number of nitriles is 1. The fourth-order valence-electron chi connectivity index (χ4n) is 2.88. The van der Waals surface area contributed by atoms with Crippen molar-refractivity contribution in [2.24, 2.45) is 0 Å². The second-order valence-electron chi connectivity index (χ2n) is 5.62. The van der Waals surface area contributed by atoms with Crippen LogP contribution in [0.4, 0.5) is 0 Å². The zero-order valence-corrected chi connectivity index (χ0v) is 11.6. The molecular weight excluding hydrogens is 248 g/mol. The van der Waals surface area contributed by atoms with Gasteiger partial charge in [0.2, 0.25) is 0 Å². The van der Waals surface area contributed by atoms with E-state index >= 15 is 0 Å². The highest BCUT2D eigenvalue weighted by molar-refractivity contribution is 5.41. The molecule has 0 saturated carbocycles. The van der Waals surface area contributed by atoms with Crippen molar-refractivity contribution in [1.82, 2.24) is 14.9 Å². The highest BCUT2D eigenvalue weighted by Gasteiger charge is 2.31. The molecule has 2 heterocycles. The molecule has 0 radical (unpaired) electrons. The summed E-state index contributed by atoms with van der Waals surface area (Å²) in [6.45, 7) is 4.41. The Labute approximate surface area is 119 Å². The summed E-state index contributed by atoms with van der Waals surface area (Å²) in [5.41, 5.74) is 3.17. The lowest BCUT2D eigenvalue weighted by molar-refractivity contribution is 0.324. The molecule has 0 spiro atoms. The van der Waals surface area contributed by atoms with Gasteiger partial charge in [0, 0.05) is 23.0 Å². The monoisotopic (exact) mass is 266 g/mol. The van der Waals surface area contributed by atoms with Gasteiger partial charge in [-0.15, -0.1) is 0 Å². The minimum atomic E-state index is 0.162. The predicted octanol–water partition coefficient (Wildman–Crippen LogP) is 2.39. The average Bonchev–Trinajstić information content (AvgIpc) is 2.98. The summed E-state index contributed by atoms with van der Waals surface area (Å²) in [5.74, 6) is 0. The van der Waals surface area contributed by atoms with Gasteiger partial charge < -0.3 is 9.88 Å². The second kappa shape index (κ2) is 5.10. The number of nitrogens with zero attached hydrogens (tertiary/aromatic N) is 3. The van der Waals surface area contributed by atoms with Crippen LogP contribution in [0.1, 0.15) is 31.0 Å². The number of nitrogens with one attached hydrogen (secondary N) is 1. The predicted molar refractivity (Wildman–Crippen MR) is 77.7 cm³/mol. The molecule has 4 heteroatoms. The van der Waals surface area contributed by atoms with E-state index in [1.54, 1.807) is 0 Å². The Kier molecular flexibility index (Phi) is 3.29. The van der Waals surface area contributed by atoms with E-state index in [9.17, 15) is 0 Å². The Morgan fingerprint density at radius 2 is 1.95 bits per heavy atom. The minimum Gasteiger partial charge on any atom is -0.317 e. The van der Waals surface area contributed by atoms with Crippen molar-refractivity contribution in [1.29, 1.82) is 5.26 Å². The summed E-state index contributed by atoms with van der Waals surface area (Å²) in [6, 6.07) is 9.81. The van der Waals surface area contributed by atoms with Gasteiger partial charge in [-0.2, -0.15) is 5.26 Å². The molecule has 20 heavy (non-hydrogen) atoms. The number of piperidine rings is 1. The van der Waals surface area contributed by atoms with Crippen molar-refractivity contribution in [3.63, 3.8) is 0 Å². The van der Waals surface area contributed by atoms with Gasteiger partial charge in [-0.25, -0.2) is 4.98 Å². The third-order valence-corrected chi connectivity index (χ3v) is 4.24. The summed E-state index contributed by atoms with van der Waals surface area (Å²) in [4.78, 5) is 4.34. The molecule has 1 aromatic carbocycles. The zero-order chi connectivity index (χ0) is 14.0. The van der Waals surface area contributed by atoms with E-state index in [1.807, 2.05) is 36.8 Å². The van der Waals surface area contributed by atoms with Crippen LogP contribution in [0, 0.1) is 11.3 Å². The average molecular weight is 266 g/mol. The minimum absolute atomic E-state index is 0.162. The van der Waals surface area contributed by atoms with Gasteiger partial charge in [0.15, 0.2) is 0 Å². The molecular formula is C16H18N4. The lowest BCUT2D eigenvalue weighted by atomic mass is 9.78. The second-order valence-corrected chi connectivity index (χ2v) is 5.62. The van der Waals surface area contributed by atoms with Crippen LogP contribution >= 0.6 is 0 Å². The zero-order valence-electron chi connectivity index (χ0n) is 11.6. The van der Waals surface area contributed by atoms with Crippen LogP contribution in [0.5, 0.6) is 0 Å². The van der Waals surface area contributed by atoms with E-state index in [1.165, 1.54) is 5.69 Å². The fraction of sp³-hybridized carbons (Fsp3) is 0.375. The van der Waals surface area contributed by atoms with E-state index in [0.29, 0.717) is 5.56 Å². The van der Waals surface area contributed by atoms with E-state index in [0.717, 1.165) is 31.6 Å². The molecule has 1 aliphatic heterocycles. The topological polar surface area (TPSA) is 53.6 Å². The van der Waals surface area contributed by atoms with Crippen LogP contribution < -0.4 is 5.32 Å². The van der Waals surface area contributed by atoms with Crippen molar-refractivity contribution >= 4 is 0 Å². The summed E-state index contributed by atoms with van der Waals surface area (Å²) < 4.78 is 2.15. The third kappa shape index (κ3) is 2.21. The molecule has 0 bridgehead atoms. The number of aromatic nitrogens is 2. The Morgan fingerprint density at radius 3 is 2.60 bits per heavy atom. The smallest absolute Gasteiger partial charge is 0.0994 e. The molecule has 1 aromatic heterocycles. The van der Waals surface area contributed by atoms with E-state index in [-0.39, 0.29) is 5.41 Å². The maximum Gasteiger partial charge on any atom is 0.0994 e. The Balaban J connectivity index is 1.99. The third-order valence-electron chi connectivity index (χ3n) is 4.24. The maximum atomic E-state index is 8.88. The number of hydrogen-bond acceptors (Lipinski definition) is 3. The molecule has 1 fully saturated rings. The van der Waals surface area contributed by atoms with Crippen molar-refractivity contribution in [2.45, 2.75) is 25.2 Å². The molecule has 102 valence electrons. The molecule has 0 amide bonds. The highest BCUT2D eigenvalue weighted by Crippen LogP contribution is 2.33. The molecule has 3 rings (SSSR count). The molecule has 0 unspecified atom stereocenters. The van der Waals surface area contributed by atoms with Gasteiger partial charge in [-0.05, 0) is 50.2 Å². The van der Waals surface area contributed by atoms with Crippen molar-refractivity contribution in [3.05, 3.63) is 48.0 Å². The first-order valence-corrected chi connectivity index (χ1v) is 6.97. The Hall–Kier alpha value is -2.12. The number of rotatable bonds is 2. The van der Waals surface area contributed by atoms with Crippen molar-refractivity contribution < 1.29 is 0 Å². The van der Waals surface area contributed by atoms with Crippen LogP contribution in [0.25, 0.3) is 5.69 Å². The van der Waals surface area contributed by atoms with Gasteiger partial charge >= 0.3 is 0 Å². The van der Waals surface area contributed by atoms with E-state index < -0.39 is 0 Å². The molecule has 2 aromatic rings. The van der Waals surface area contributed by atoms with Gasteiger partial charge in [-0.3, -0.25) is 0 Å². The lowest BCUT2D eigenvalue weighted by Gasteiger charge is -2.34. The van der Waals surface area contributed by atoms with Crippen molar-refractivity contribution in [2.75, 3.05) is 13.1 Å². The van der Waals surface area contributed by atoms with Gasteiger partial charge in [-0.1, -0.05) is 6.92 Å². The Morgan fingerprint density at radius 1 is 1.25 bits per heavy atom. The van der Waals surface area contributed by atoms with E-state index in [2.05, 4.69) is 27.9 Å². The molecule has 1 N–H and O–H groups in total. The molecule has 1 saturated heterocycles. The number of hydrogen-bond donors (Lipinski definition) is 1. The lowest BCUT2D eigenvalue weighted by Crippen LogP contribution is -2.38. The Bertz CT molecular complexity index is 627. The van der Waals surface area contributed by atoms with Crippen LogP contribution in [0.3, 0.4) is 0 Å². The van der Waals surface area contributed by atoms with Gasteiger partial charge in [0.25, 0.3) is 0 Å².